The lowest BCUT2D eigenvalue weighted by molar-refractivity contribution is 0.102. The number of thioether (sulfide) groups is 1. The van der Waals surface area contributed by atoms with Crippen LogP contribution in [-0.4, -0.2) is 31.3 Å². The van der Waals surface area contributed by atoms with Gasteiger partial charge in [0.1, 0.15) is 11.4 Å². The van der Waals surface area contributed by atoms with Gasteiger partial charge in [-0.3, -0.25) is 9.48 Å². The lowest BCUT2D eigenvalue weighted by Crippen LogP contribution is -2.02. The van der Waals surface area contributed by atoms with Crippen LogP contribution in [0, 0.1) is 0 Å². The second-order valence-electron chi connectivity index (χ2n) is 5.04. The van der Waals surface area contributed by atoms with E-state index in [1.54, 1.807) is 22.2 Å². The zero-order chi connectivity index (χ0) is 15.8. The summed E-state index contributed by atoms with van der Waals surface area (Å²) in [7, 11) is 1.84. The molecule has 0 amide bonds. The minimum Gasteiger partial charge on any atom is -0.293 e. The number of fused-ring (bicyclic) bond motifs is 2. The minimum atomic E-state index is 0.114. The van der Waals surface area contributed by atoms with Crippen molar-refractivity contribution in [3.8, 4) is 0 Å². The summed E-state index contributed by atoms with van der Waals surface area (Å²) < 4.78 is 2.84. The molecule has 0 aliphatic carbocycles. The molecule has 0 radical (unpaired) electrons. The molecule has 0 saturated carbocycles. The van der Waals surface area contributed by atoms with Crippen molar-refractivity contribution < 1.29 is 4.79 Å². The Kier molecular flexibility index (Phi) is 3.59. The summed E-state index contributed by atoms with van der Waals surface area (Å²) in [5, 5.41) is 8.82. The summed E-state index contributed by atoms with van der Waals surface area (Å²) in [5.41, 5.74) is 1.56. The van der Waals surface area contributed by atoms with Crippen LogP contribution in [0.15, 0.2) is 47.2 Å². The van der Waals surface area contributed by atoms with Crippen molar-refractivity contribution in [2.75, 3.05) is 5.75 Å². The molecule has 23 heavy (non-hydrogen) atoms. The Morgan fingerprint density at radius 3 is 3.04 bits per heavy atom. The molecule has 7 heteroatoms. The van der Waals surface area contributed by atoms with Gasteiger partial charge < -0.3 is 0 Å². The highest BCUT2D eigenvalue weighted by Crippen LogP contribution is 2.29. The number of hydrogen-bond acceptors (Lipinski definition) is 6. The third-order valence-corrected chi connectivity index (χ3v) is 5.58. The van der Waals surface area contributed by atoms with Crippen molar-refractivity contribution in [1.29, 1.82) is 0 Å². The van der Waals surface area contributed by atoms with E-state index in [-0.39, 0.29) is 5.78 Å². The number of thiophene rings is 1. The summed E-state index contributed by atoms with van der Waals surface area (Å²) in [5.74, 6) is 0.463. The molecule has 0 N–H and O–H groups in total. The van der Waals surface area contributed by atoms with Crippen molar-refractivity contribution in [2.45, 2.75) is 5.03 Å². The highest BCUT2D eigenvalue weighted by Gasteiger charge is 2.14. The number of ketones is 1. The number of carbonyl (C=O) groups excluding carboxylic acids is 1. The van der Waals surface area contributed by atoms with E-state index < -0.39 is 0 Å². The molecule has 3 aromatic heterocycles. The molecule has 4 aromatic rings. The number of Topliss-reactive ketones (excluding diaryl/α,β-unsaturated/α-hetero) is 1. The second-order valence-corrected chi connectivity index (χ2v) is 6.92. The maximum Gasteiger partial charge on any atom is 0.174 e. The van der Waals surface area contributed by atoms with Gasteiger partial charge >= 0.3 is 0 Å². The Morgan fingerprint density at radius 2 is 2.13 bits per heavy atom. The topological polar surface area (TPSA) is 60.7 Å². The van der Waals surface area contributed by atoms with E-state index >= 15 is 0 Å². The fourth-order valence-corrected chi connectivity index (χ4v) is 4.27. The van der Waals surface area contributed by atoms with Gasteiger partial charge in [0, 0.05) is 28.1 Å². The molecule has 0 spiro atoms. The van der Waals surface area contributed by atoms with Crippen LogP contribution in [-0.2, 0) is 7.05 Å². The van der Waals surface area contributed by atoms with E-state index in [1.165, 1.54) is 18.1 Å². The number of hydrogen-bond donors (Lipinski definition) is 0. The van der Waals surface area contributed by atoms with E-state index in [2.05, 4.69) is 15.1 Å². The molecule has 0 bridgehead atoms. The van der Waals surface area contributed by atoms with E-state index in [4.69, 9.17) is 0 Å². The molecule has 3 heterocycles. The molecule has 0 unspecified atom stereocenters. The predicted octanol–water partition coefficient (Wildman–Crippen LogP) is 3.55. The first-order chi connectivity index (χ1) is 11.2. The van der Waals surface area contributed by atoms with Gasteiger partial charge in [0.25, 0.3) is 0 Å². The predicted molar refractivity (Wildman–Crippen MR) is 93.2 cm³/mol. The van der Waals surface area contributed by atoms with Crippen LogP contribution in [0.4, 0.5) is 0 Å². The summed E-state index contributed by atoms with van der Waals surface area (Å²) in [6, 6.07) is 7.98. The van der Waals surface area contributed by atoms with Crippen LogP contribution in [0.25, 0.3) is 21.1 Å². The average Bonchev–Trinajstić information content (AvgIpc) is 3.17. The molecule has 4 rings (SSSR count). The molecule has 5 nitrogen and oxygen atoms in total. The van der Waals surface area contributed by atoms with Gasteiger partial charge in [-0.05, 0) is 6.07 Å². The average molecular weight is 340 g/mol. The van der Waals surface area contributed by atoms with E-state index in [0.717, 1.165) is 31.7 Å². The van der Waals surface area contributed by atoms with E-state index in [1.807, 2.05) is 36.7 Å². The number of rotatable bonds is 4. The van der Waals surface area contributed by atoms with Gasteiger partial charge in [-0.2, -0.15) is 5.10 Å². The van der Waals surface area contributed by atoms with Crippen molar-refractivity contribution in [3.05, 3.63) is 47.7 Å². The summed E-state index contributed by atoms with van der Waals surface area (Å²) in [6.07, 6.45) is 3.25. The quantitative estimate of drug-likeness (QED) is 0.323. The Hall–Kier alpha value is -2.25. The summed E-state index contributed by atoms with van der Waals surface area (Å²) >= 11 is 3.03. The Morgan fingerprint density at radius 1 is 1.26 bits per heavy atom. The molecule has 1 aromatic carbocycles. The third kappa shape index (κ3) is 2.51. The smallest absolute Gasteiger partial charge is 0.174 e. The van der Waals surface area contributed by atoms with Gasteiger partial charge in [0.2, 0.25) is 0 Å². The van der Waals surface area contributed by atoms with Gasteiger partial charge in [-0.15, -0.1) is 11.3 Å². The van der Waals surface area contributed by atoms with Gasteiger partial charge in [-0.25, -0.2) is 9.97 Å². The first-order valence-electron chi connectivity index (χ1n) is 6.99. The number of aromatic nitrogens is 4. The molecule has 0 aliphatic heterocycles. The first kappa shape index (κ1) is 14.3. The lowest BCUT2D eigenvalue weighted by Gasteiger charge is -2.02. The van der Waals surface area contributed by atoms with E-state index in [0.29, 0.717) is 5.75 Å². The van der Waals surface area contributed by atoms with Crippen LogP contribution in [0.2, 0.25) is 0 Å². The maximum atomic E-state index is 12.6. The van der Waals surface area contributed by atoms with Crippen LogP contribution in [0.1, 0.15) is 10.4 Å². The van der Waals surface area contributed by atoms with Crippen LogP contribution in [0.3, 0.4) is 0 Å². The van der Waals surface area contributed by atoms with Gasteiger partial charge in [-0.1, -0.05) is 30.0 Å². The normalized spacial score (nSPS) is 11.3. The molecular weight excluding hydrogens is 328 g/mol. The molecule has 114 valence electrons. The van der Waals surface area contributed by atoms with E-state index in [9.17, 15) is 4.79 Å². The van der Waals surface area contributed by atoms with Crippen molar-refractivity contribution in [3.63, 3.8) is 0 Å². The standard InChI is InChI=1S/C16H12N4OS2/c1-20-15-11(6-19-20)16(18-9-17-15)23-8-13(21)12-7-22-14-5-3-2-4-10(12)14/h2-7,9H,8H2,1H3. The minimum absolute atomic E-state index is 0.114. The molecule has 0 fully saturated rings. The maximum absolute atomic E-state index is 12.6. The fraction of sp³-hybridized carbons (Fsp3) is 0.125. The van der Waals surface area contributed by atoms with Crippen LogP contribution in [0.5, 0.6) is 0 Å². The Labute approximate surface area is 140 Å². The van der Waals surface area contributed by atoms with Crippen molar-refractivity contribution >= 4 is 50.0 Å². The molecule has 0 saturated heterocycles. The summed E-state index contributed by atoms with van der Waals surface area (Å²) in [6.45, 7) is 0. The van der Waals surface area contributed by atoms with Crippen LogP contribution >= 0.6 is 23.1 Å². The SMILES string of the molecule is Cn1ncc2c(SCC(=O)c3csc4ccccc34)ncnc21. The Bertz CT molecular complexity index is 1020. The number of nitrogens with zero attached hydrogens (tertiary/aromatic N) is 4. The third-order valence-electron chi connectivity index (χ3n) is 3.61. The number of aryl methyl sites for hydroxylation is 1. The second kappa shape index (κ2) is 5.75. The summed E-state index contributed by atoms with van der Waals surface area (Å²) in [4.78, 5) is 21.1. The number of carbonyl (C=O) groups is 1. The zero-order valence-corrected chi connectivity index (χ0v) is 13.9. The lowest BCUT2D eigenvalue weighted by atomic mass is 10.1. The monoisotopic (exact) mass is 340 g/mol. The van der Waals surface area contributed by atoms with Gasteiger partial charge in [0.15, 0.2) is 11.4 Å². The van der Waals surface area contributed by atoms with Crippen molar-refractivity contribution in [2.24, 2.45) is 7.05 Å². The highest BCUT2D eigenvalue weighted by molar-refractivity contribution is 8.00. The van der Waals surface area contributed by atoms with Crippen LogP contribution < -0.4 is 0 Å². The number of benzene rings is 1. The van der Waals surface area contributed by atoms with Gasteiger partial charge in [0.05, 0.1) is 17.3 Å². The fourth-order valence-electron chi connectivity index (χ4n) is 2.46. The first-order valence-corrected chi connectivity index (χ1v) is 8.85. The highest BCUT2D eigenvalue weighted by atomic mass is 32.2. The molecule has 0 atom stereocenters. The Balaban J connectivity index is 1.59. The largest absolute Gasteiger partial charge is 0.293 e. The molecule has 0 aliphatic rings. The molecular formula is C16H12N4OS2. The zero-order valence-electron chi connectivity index (χ0n) is 12.3. The van der Waals surface area contributed by atoms with Crippen molar-refractivity contribution in [1.82, 2.24) is 19.7 Å².